The molecule has 2 aromatic carbocycles. The molecule has 2 rings (SSSR count). The summed E-state index contributed by atoms with van der Waals surface area (Å²) >= 11 is 12.7. The van der Waals surface area contributed by atoms with E-state index in [4.69, 9.17) is 17.3 Å². The Labute approximate surface area is 155 Å². The quantitative estimate of drug-likeness (QED) is 0.714. The molecule has 0 aliphatic carbocycles. The highest BCUT2D eigenvalue weighted by Crippen LogP contribution is 2.22. The summed E-state index contributed by atoms with van der Waals surface area (Å²) in [4.78, 5) is 24.0. The summed E-state index contributed by atoms with van der Waals surface area (Å²) in [5.74, 6) is -0.978. The summed E-state index contributed by atoms with van der Waals surface area (Å²) in [6.07, 6.45) is 0.246. The van der Waals surface area contributed by atoms with Gasteiger partial charge in [-0.2, -0.15) is 0 Å². The third-order valence-electron chi connectivity index (χ3n) is 3.17. The number of hydrogen-bond donors (Lipinski definition) is 2. The predicted octanol–water partition coefficient (Wildman–Crippen LogP) is 3.69. The summed E-state index contributed by atoms with van der Waals surface area (Å²) in [7, 11) is 0. The average molecular weight is 461 g/mol. The van der Waals surface area contributed by atoms with Gasteiger partial charge in [-0.05, 0) is 42.0 Å². The largest absolute Gasteiger partial charge is 0.368 e. The molecule has 0 fully saturated rings. The molecule has 0 aliphatic rings. The zero-order valence-corrected chi connectivity index (χ0v) is 15.8. The van der Waals surface area contributed by atoms with E-state index in [9.17, 15) is 9.59 Å². The van der Waals surface area contributed by atoms with E-state index in [1.807, 2.05) is 6.07 Å². The lowest BCUT2D eigenvalue weighted by atomic mass is 10.0. The molecule has 3 N–H and O–H groups in total. The van der Waals surface area contributed by atoms with Crippen molar-refractivity contribution in [3.63, 3.8) is 0 Å². The van der Waals surface area contributed by atoms with E-state index < -0.39 is 11.9 Å². The predicted molar refractivity (Wildman–Crippen MR) is 97.4 cm³/mol. The van der Waals surface area contributed by atoms with E-state index in [1.165, 1.54) is 0 Å². The fraction of sp³-hybridized carbons (Fsp3) is 0.125. The molecule has 0 radical (unpaired) electrons. The second kappa shape index (κ2) is 7.95. The van der Waals surface area contributed by atoms with Gasteiger partial charge in [0, 0.05) is 26.0 Å². The number of amides is 2. The number of nitrogens with two attached hydrogens (primary N) is 1. The molecule has 120 valence electrons. The van der Waals surface area contributed by atoms with Crippen LogP contribution >= 0.6 is 43.5 Å². The third-order valence-corrected chi connectivity index (χ3v) is 4.67. The number of carbonyl (C=O) groups is 2. The van der Waals surface area contributed by atoms with Gasteiger partial charge in [0.25, 0.3) is 5.91 Å². The molecule has 2 amide bonds. The summed E-state index contributed by atoms with van der Waals surface area (Å²) in [5, 5.41) is 3.20. The summed E-state index contributed by atoms with van der Waals surface area (Å²) in [5.41, 5.74) is 6.65. The van der Waals surface area contributed by atoms with Gasteiger partial charge in [-0.1, -0.05) is 49.5 Å². The Bertz CT molecular complexity index is 753. The lowest BCUT2D eigenvalue weighted by Crippen LogP contribution is -2.45. The molecule has 0 unspecified atom stereocenters. The molecule has 1 atom stereocenters. The Hall–Kier alpha value is -1.37. The Morgan fingerprint density at radius 1 is 1.17 bits per heavy atom. The number of hydrogen-bond acceptors (Lipinski definition) is 2. The van der Waals surface area contributed by atoms with Crippen LogP contribution in [0.5, 0.6) is 0 Å². The number of rotatable bonds is 5. The van der Waals surface area contributed by atoms with Crippen molar-refractivity contribution >= 4 is 55.3 Å². The highest BCUT2D eigenvalue weighted by atomic mass is 79.9. The Morgan fingerprint density at radius 3 is 2.57 bits per heavy atom. The van der Waals surface area contributed by atoms with E-state index >= 15 is 0 Å². The van der Waals surface area contributed by atoms with Crippen LogP contribution in [0, 0.1) is 0 Å². The molecule has 7 heteroatoms. The van der Waals surface area contributed by atoms with Crippen molar-refractivity contribution in [1.29, 1.82) is 0 Å². The zero-order valence-electron chi connectivity index (χ0n) is 11.9. The van der Waals surface area contributed by atoms with Gasteiger partial charge in [-0.25, -0.2) is 0 Å². The van der Waals surface area contributed by atoms with Crippen LogP contribution in [-0.2, 0) is 11.2 Å². The highest BCUT2D eigenvalue weighted by Gasteiger charge is 2.20. The number of carbonyl (C=O) groups excluding carboxylic acids is 2. The van der Waals surface area contributed by atoms with Gasteiger partial charge in [0.15, 0.2) is 0 Å². The van der Waals surface area contributed by atoms with E-state index in [0.29, 0.717) is 10.6 Å². The van der Waals surface area contributed by atoms with Crippen LogP contribution in [-0.4, -0.2) is 17.9 Å². The molecular formula is C16H13Br2ClN2O2. The fourth-order valence-electron chi connectivity index (χ4n) is 2.01. The Kier molecular flexibility index (Phi) is 6.21. The molecule has 2 aromatic rings. The molecule has 0 heterocycles. The summed E-state index contributed by atoms with van der Waals surface area (Å²) < 4.78 is 1.57. The van der Waals surface area contributed by atoms with E-state index in [0.717, 1.165) is 14.5 Å². The van der Waals surface area contributed by atoms with Crippen LogP contribution < -0.4 is 11.1 Å². The minimum atomic E-state index is -0.837. The second-order valence-electron chi connectivity index (χ2n) is 4.88. The maximum absolute atomic E-state index is 12.3. The van der Waals surface area contributed by atoms with Crippen LogP contribution in [0.4, 0.5) is 0 Å². The van der Waals surface area contributed by atoms with Crippen LogP contribution in [0.25, 0.3) is 0 Å². The molecule has 0 aliphatic heterocycles. The Morgan fingerprint density at radius 2 is 1.91 bits per heavy atom. The van der Waals surface area contributed by atoms with Gasteiger partial charge >= 0.3 is 0 Å². The number of nitrogens with one attached hydrogen (secondary N) is 1. The van der Waals surface area contributed by atoms with Crippen LogP contribution in [0.2, 0.25) is 5.02 Å². The first kappa shape index (κ1) is 18.0. The first-order valence-electron chi connectivity index (χ1n) is 6.66. The second-order valence-corrected chi connectivity index (χ2v) is 7.09. The van der Waals surface area contributed by atoms with Crippen molar-refractivity contribution in [2.75, 3.05) is 0 Å². The SMILES string of the molecule is NC(=O)[C@@H](Cc1cc(Cl)ccc1Br)NC(=O)c1cccc(Br)c1. The first-order chi connectivity index (χ1) is 10.9. The van der Waals surface area contributed by atoms with Crippen molar-refractivity contribution in [3.05, 3.63) is 67.6 Å². The number of benzene rings is 2. The van der Waals surface area contributed by atoms with Gasteiger partial charge in [0.2, 0.25) is 5.91 Å². The molecule has 0 bridgehead atoms. The number of halogens is 3. The minimum Gasteiger partial charge on any atom is -0.368 e. The maximum atomic E-state index is 12.3. The lowest BCUT2D eigenvalue weighted by molar-refractivity contribution is -0.119. The molecule has 4 nitrogen and oxygen atoms in total. The number of primary amides is 1. The van der Waals surface area contributed by atoms with Crippen LogP contribution in [0.1, 0.15) is 15.9 Å². The minimum absolute atomic E-state index is 0.246. The summed E-state index contributed by atoms with van der Waals surface area (Å²) in [6, 6.07) is 11.3. The lowest BCUT2D eigenvalue weighted by Gasteiger charge is -2.17. The average Bonchev–Trinajstić information content (AvgIpc) is 2.50. The topological polar surface area (TPSA) is 72.2 Å². The first-order valence-corrected chi connectivity index (χ1v) is 8.63. The van der Waals surface area contributed by atoms with Gasteiger partial charge < -0.3 is 11.1 Å². The third kappa shape index (κ3) is 5.06. The van der Waals surface area contributed by atoms with Crippen molar-refractivity contribution in [2.45, 2.75) is 12.5 Å². The highest BCUT2D eigenvalue weighted by molar-refractivity contribution is 9.10. The van der Waals surface area contributed by atoms with Crippen molar-refractivity contribution in [3.8, 4) is 0 Å². The van der Waals surface area contributed by atoms with Gasteiger partial charge in [0.1, 0.15) is 6.04 Å². The molecule has 0 saturated heterocycles. The summed E-state index contributed by atoms with van der Waals surface area (Å²) in [6.45, 7) is 0. The van der Waals surface area contributed by atoms with Gasteiger partial charge in [-0.3, -0.25) is 9.59 Å². The molecular weight excluding hydrogens is 447 g/mol. The fourth-order valence-corrected chi connectivity index (χ4v) is 3.02. The zero-order chi connectivity index (χ0) is 17.0. The van der Waals surface area contributed by atoms with Gasteiger partial charge in [0.05, 0.1) is 0 Å². The van der Waals surface area contributed by atoms with Crippen LogP contribution in [0.15, 0.2) is 51.4 Å². The smallest absolute Gasteiger partial charge is 0.251 e. The molecule has 0 aromatic heterocycles. The molecule has 23 heavy (non-hydrogen) atoms. The normalized spacial score (nSPS) is 11.8. The molecule has 0 spiro atoms. The van der Waals surface area contributed by atoms with Gasteiger partial charge in [-0.15, -0.1) is 0 Å². The Balaban J connectivity index is 2.17. The monoisotopic (exact) mass is 458 g/mol. The molecule has 0 saturated carbocycles. The van der Waals surface area contributed by atoms with Crippen molar-refractivity contribution in [2.24, 2.45) is 5.73 Å². The van der Waals surface area contributed by atoms with E-state index in [1.54, 1.807) is 36.4 Å². The van der Waals surface area contributed by atoms with Crippen molar-refractivity contribution < 1.29 is 9.59 Å². The van der Waals surface area contributed by atoms with E-state index in [2.05, 4.69) is 37.2 Å². The van der Waals surface area contributed by atoms with Crippen LogP contribution in [0.3, 0.4) is 0 Å². The standard InChI is InChI=1S/C16H13Br2ClN2O2/c17-11-3-1-2-9(6-11)16(23)21-14(15(20)22)8-10-7-12(19)4-5-13(10)18/h1-7,14H,8H2,(H2,20,22)(H,21,23)/t14-/m1/s1. The van der Waals surface area contributed by atoms with E-state index in [-0.39, 0.29) is 12.3 Å². The maximum Gasteiger partial charge on any atom is 0.251 e. The van der Waals surface area contributed by atoms with Crippen molar-refractivity contribution in [1.82, 2.24) is 5.32 Å².